The first-order valence-corrected chi connectivity index (χ1v) is 3.91. The molecule has 0 heterocycles. The molecule has 0 saturated heterocycles. The number of hydrogen-bond acceptors (Lipinski definition) is 4. The number of ether oxygens (including phenoxy) is 1. The maximum absolute atomic E-state index is 10.9. The van der Waals surface area contributed by atoms with E-state index < -0.39 is 23.7 Å². The van der Waals surface area contributed by atoms with E-state index >= 15 is 0 Å². The van der Waals surface area contributed by atoms with Crippen LogP contribution in [0.1, 0.15) is 6.92 Å². The maximum Gasteiger partial charge on any atom is 0.331 e. The lowest BCUT2D eigenvalue weighted by Crippen LogP contribution is -2.28. The summed E-state index contributed by atoms with van der Waals surface area (Å²) in [5.41, 5.74) is 7.89. The minimum absolute atomic E-state index is 0.150. The van der Waals surface area contributed by atoms with Gasteiger partial charge < -0.3 is 4.74 Å². The Morgan fingerprint density at radius 1 is 1.69 bits per heavy atom. The van der Waals surface area contributed by atoms with Gasteiger partial charge in [-0.2, -0.15) is 0 Å². The summed E-state index contributed by atoms with van der Waals surface area (Å²) in [5, 5.41) is 1.59. The maximum atomic E-state index is 10.9. The van der Waals surface area contributed by atoms with Crippen LogP contribution in [-0.2, 0) is 14.3 Å². The number of Topliss-reactive ketones (excluding diaryl/α,β-unsaturated/α-hetero) is 1. The highest BCUT2D eigenvalue weighted by Gasteiger charge is 2.23. The number of ketones is 1. The molecule has 0 radical (unpaired) electrons. The minimum atomic E-state index is -1.38. The lowest BCUT2D eigenvalue weighted by molar-refractivity contribution is -0.144. The van der Waals surface area contributed by atoms with Crippen molar-refractivity contribution in [2.75, 3.05) is 13.2 Å². The highest BCUT2D eigenvalue weighted by Crippen LogP contribution is 2.01. The van der Waals surface area contributed by atoms with Crippen molar-refractivity contribution < 1.29 is 14.3 Å². The molecule has 0 saturated carbocycles. The van der Waals surface area contributed by atoms with Crippen LogP contribution in [0.4, 0.5) is 0 Å². The number of esters is 1. The molecule has 0 aliphatic heterocycles. The lowest BCUT2D eigenvalue weighted by atomic mass is 10.3. The minimum Gasteiger partial charge on any atom is -0.465 e. The zero-order chi connectivity index (χ0) is 10.3. The smallest absolute Gasteiger partial charge is 0.331 e. The van der Waals surface area contributed by atoms with E-state index in [-0.39, 0.29) is 6.61 Å². The molecule has 0 aliphatic carbocycles. The third-order valence-electron chi connectivity index (χ3n) is 1.07. The fourth-order valence-corrected chi connectivity index (χ4v) is 0.660. The molecular formula is C6H8ClN3O3. The van der Waals surface area contributed by atoms with Gasteiger partial charge in [0, 0.05) is 4.91 Å². The summed E-state index contributed by atoms with van der Waals surface area (Å²) in [6, 6.07) is 0. The first kappa shape index (κ1) is 11.7. The van der Waals surface area contributed by atoms with Crippen LogP contribution in [0.15, 0.2) is 5.11 Å². The molecule has 0 spiro atoms. The zero-order valence-electron chi connectivity index (χ0n) is 6.94. The molecule has 1 unspecified atom stereocenters. The molecule has 13 heavy (non-hydrogen) atoms. The van der Waals surface area contributed by atoms with Gasteiger partial charge in [-0.3, -0.25) is 4.79 Å². The van der Waals surface area contributed by atoms with Crippen molar-refractivity contribution in [1.29, 1.82) is 0 Å². The quantitative estimate of drug-likeness (QED) is 0.168. The van der Waals surface area contributed by atoms with Gasteiger partial charge in [-0.05, 0) is 12.5 Å². The van der Waals surface area contributed by atoms with Crippen LogP contribution in [-0.4, -0.2) is 30.3 Å². The van der Waals surface area contributed by atoms with Crippen LogP contribution in [0.3, 0.4) is 0 Å². The number of nitrogens with zero attached hydrogens (tertiary/aromatic N) is 3. The molecule has 0 N–H and O–H groups in total. The van der Waals surface area contributed by atoms with Crippen molar-refractivity contribution in [3.8, 4) is 0 Å². The van der Waals surface area contributed by atoms with Crippen molar-refractivity contribution in [2.24, 2.45) is 5.11 Å². The van der Waals surface area contributed by atoms with Gasteiger partial charge in [0.15, 0.2) is 11.2 Å². The van der Waals surface area contributed by atoms with Gasteiger partial charge in [0.05, 0.1) is 13.2 Å². The molecule has 0 aromatic rings. The van der Waals surface area contributed by atoms with E-state index in [0.29, 0.717) is 0 Å². The van der Waals surface area contributed by atoms with E-state index in [4.69, 9.17) is 17.1 Å². The van der Waals surface area contributed by atoms with Gasteiger partial charge in [-0.1, -0.05) is 5.11 Å². The van der Waals surface area contributed by atoms with Crippen LogP contribution < -0.4 is 0 Å². The monoisotopic (exact) mass is 205 g/mol. The number of alkyl halides is 1. The second kappa shape index (κ2) is 6.28. The topological polar surface area (TPSA) is 92.1 Å². The number of hydrogen-bond donors (Lipinski definition) is 0. The van der Waals surface area contributed by atoms with E-state index in [0.717, 1.165) is 0 Å². The van der Waals surface area contributed by atoms with Gasteiger partial charge in [0.25, 0.3) is 0 Å². The molecule has 0 aromatic carbocycles. The van der Waals surface area contributed by atoms with E-state index in [1.54, 1.807) is 6.92 Å². The molecule has 0 aromatic heterocycles. The molecule has 1 atom stereocenters. The largest absolute Gasteiger partial charge is 0.465 e. The first-order valence-electron chi connectivity index (χ1n) is 3.47. The summed E-state index contributed by atoms with van der Waals surface area (Å²) < 4.78 is 4.48. The number of carbonyl (C=O) groups excluding carboxylic acids is 2. The predicted octanol–water partition coefficient (Wildman–Crippen LogP) is 1.04. The summed E-state index contributed by atoms with van der Waals surface area (Å²) in [4.78, 5) is 24.1. The van der Waals surface area contributed by atoms with Crippen LogP contribution in [0.2, 0.25) is 0 Å². The predicted molar refractivity (Wildman–Crippen MR) is 45.3 cm³/mol. The fraction of sp³-hybridized carbons (Fsp3) is 0.667. The molecule has 0 aliphatic rings. The highest BCUT2D eigenvalue weighted by molar-refractivity contribution is 6.41. The molecular weight excluding hydrogens is 198 g/mol. The standard InChI is InChI=1S/C6H8ClN3O3/c1-2-13-6(12)5(7)4(11)3-9-10-8/h5H,2-3H2,1H3. The summed E-state index contributed by atoms with van der Waals surface area (Å²) >= 11 is 5.39. The first-order chi connectivity index (χ1) is 6.13. The molecule has 0 fully saturated rings. The van der Waals surface area contributed by atoms with Gasteiger partial charge in [0.2, 0.25) is 0 Å². The zero-order valence-corrected chi connectivity index (χ0v) is 7.69. The van der Waals surface area contributed by atoms with Gasteiger partial charge in [-0.25, -0.2) is 4.79 Å². The van der Waals surface area contributed by atoms with Crippen molar-refractivity contribution in [2.45, 2.75) is 12.3 Å². The normalized spacial score (nSPS) is 11.2. The van der Waals surface area contributed by atoms with Gasteiger partial charge in [0.1, 0.15) is 0 Å². The Morgan fingerprint density at radius 2 is 2.31 bits per heavy atom. The number of carbonyl (C=O) groups is 2. The van der Waals surface area contributed by atoms with Crippen LogP contribution >= 0.6 is 11.6 Å². The highest BCUT2D eigenvalue weighted by atomic mass is 35.5. The van der Waals surface area contributed by atoms with Crippen molar-refractivity contribution >= 4 is 23.4 Å². The fourth-order valence-electron chi connectivity index (χ4n) is 0.528. The van der Waals surface area contributed by atoms with Crippen LogP contribution in [0.5, 0.6) is 0 Å². The number of rotatable bonds is 5. The second-order valence-electron chi connectivity index (χ2n) is 1.97. The molecule has 0 rings (SSSR count). The molecule has 72 valence electrons. The van der Waals surface area contributed by atoms with Crippen molar-refractivity contribution in [3.05, 3.63) is 10.4 Å². The Kier molecular flexibility index (Phi) is 5.67. The Labute approximate surface area is 79.4 Å². The van der Waals surface area contributed by atoms with Gasteiger partial charge >= 0.3 is 5.97 Å². The second-order valence-corrected chi connectivity index (χ2v) is 2.41. The van der Waals surface area contributed by atoms with E-state index in [1.165, 1.54) is 0 Å². The van der Waals surface area contributed by atoms with E-state index in [1.807, 2.05) is 0 Å². The van der Waals surface area contributed by atoms with E-state index in [2.05, 4.69) is 14.8 Å². The average Bonchev–Trinajstić information content (AvgIpc) is 2.13. The third kappa shape index (κ3) is 4.35. The molecule has 0 amide bonds. The lowest BCUT2D eigenvalue weighted by Gasteiger charge is -2.04. The summed E-state index contributed by atoms with van der Waals surface area (Å²) in [6.45, 7) is 1.31. The molecule has 7 heteroatoms. The molecule has 6 nitrogen and oxygen atoms in total. The van der Waals surface area contributed by atoms with Crippen molar-refractivity contribution in [3.63, 3.8) is 0 Å². The third-order valence-corrected chi connectivity index (χ3v) is 1.49. The summed E-state index contributed by atoms with van der Waals surface area (Å²) in [7, 11) is 0. The van der Waals surface area contributed by atoms with Gasteiger partial charge in [-0.15, -0.1) is 11.6 Å². The Hall–Kier alpha value is -1.26. The Balaban J connectivity index is 4.08. The number of halogens is 1. The number of azide groups is 1. The van der Waals surface area contributed by atoms with E-state index in [9.17, 15) is 9.59 Å². The SMILES string of the molecule is CCOC(=O)C(Cl)C(=O)CN=[N+]=[N-]. The van der Waals surface area contributed by atoms with Crippen LogP contribution in [0.25, 0.3) is 10.4 Å². The Morgan fingerprint density at radius 3 is 2.77 bits per heavy atom. The van der Waals surface area contributed by atoms with Crippen LogP contribution in [0, 0.1) is 0 Å². The van der Waals surface area contributed by atoms with Crippen molar-refractivity contribution in [1.82, 2.24) is 0 Å². The summed E-state index contributed by atoms with van der Waals surface area (Å²) in [5.74, 6) is -1.49. The summed E-state index contributed by atoms with van der Waals surface area (Å²) in [6.07, 6.45) is 0. The Bertz CT molecular complexity index is 250. The average molecular weight is 206 g/mol. The molecule has 0 bridgehead atoms.